The molecule has 0 saturated carbocycles. The molecule has 2 aromatic heterocycles. The Morgan fingerprint density at radius 3 is 2.82 bits per heavy atom. The summed E-state index contributed by atoms with van der Waals surface area (Å²) in [6.07, 6.45) is 2.76. The maximum atomic E-state index is 4.52. The first-order chi connectivity index (χ1) is 8.38. The van der Waals surface area contributed by atoms with Crippen LogP contribution >= 0.6 is 0 Å². The summed E-state index contributed by atoms with van der Waals surface area (Å²) in [5.41, 5.74) is 4.21. The Morgan fingerprint density at radius 1 is 1.12 bits per heavy atom. The average Bonchev–Trinajstić information content (AvgIpc) is 2.82. The molecule has 0 aliphatic heterocycles. The third-order valence-corrected chi connectivity index (χ3v) is 2.91. The second-order valence-electron chi connectivity index (χ2n) is 3.97. The highest BCUT2D eigenvalue weighted by atomic mass is 15.0. The number of rotatable bonds is 2. The predicted molar refractivity (Wildman–Crippen MR) is 68.7 cm³/mol. The van der Waals surface area contributed by atoms with E-state index in [0.29, 0.717) is 0 Å². The molecule has 0 atom stereocenters. The molecule has 17 heavy (non-hydrogen) atoms. The summed E-state index contributed by atoms with van der Waals surface area (Å²) >= 11 is 0. The Kier molecular flexibility index (Phi) is 2.37. The van der Waals surface area contributed by atoms with Crippen molar-refractivity contribution in [3.63, 3.8) is 0 Å². The third kappa shape index (κ3) is 1.69. The average molecular weight is 223 g/mol. The number of H-pyrrole nitrogens is 1. The van der Waals surface area contributed by atoms with E-state index in [4.69, 9.17) is 0 Å². The van der Waals surface area contributed by atoms with Crippen molar-refractivity contribution in [1.29, 1.82) is 0 Å². The summed E-state index contributed by atoms with van der Waals surface area (Å²) in [4.78, 5) is 12.1. The molecule has 84 valence electrons. The highest BCUT2D eigenvalue weighted by Crippen LogP contribution is 2.23. The molecular formula is C14H13N3. The number of imidazole rings is 1. The molecule has 0 spiro atoms. The van der Waals surface area contributed by atoms with Gasteiger partial charge in [0.15, 0.2) is 5.65 Å². The summed E-state index contributed by atoms with van der Waals surface area (Å²) in [6, 6.07) is 12.2. The van der Waals surface area contributed by atoms with Crippen LogP contribution in [0.25, 0.3) is 22.6 Å². The van der Waals surface area contributed by atoms with Gasteiger partial charge in [-0.2, -0.15) is 0 Å². The van der Waals surface area contributed by atoms with E-state index in [9.17, 15) is 0 Å². The van der Waals surface area contributed by atoms with Crippen molar-refractivity contribution in [3.8, 4) is 11.4 Å². The van der Waals surface area contributed by atoms with Gasteiger partial charge in [0.1, 0.15) is 5.82 Å². The lowest BCUT2D eigenvalue weighted by Crippen LogP contribution is -1.88. The summed E-state index contributed by atoms with van der Waals surface area (Å²) in [7, 11) is 0. The summed E-state index contributed by atoms with van der Waals surface area (Å²) in [5, 5.41) is 0. The largest absolute Gasteiger partial charge is 0.337 e. The molecule has 2 heterocycles. The lowest BCUT2D eigenvalue weighted by atomic mass is 10.1. The van der Waals surface area contributed by atoms with Crippen LogP contribution in [-0.2, 0) is 6.42 Å². The van der Waals surface area contributed by atoms with Crippen molar-refractivity contribution in [1.82, 2.24) is 15.0 Å². The number of benzene rings is 1. The van der Waals surface area contributed by atoms with Gasteiger partial charge in [-0.3, -0.25) is 0 Å². The molecule has 3 rings (SSSR count). The van der Waals surface area contributed by atoms with E-state index < -0.39 is 0 Å². The van der Waals surface area contributed by atoms with E-state index in [-0.39, 0.29) is 0 Å². The lowest BCUT2D eigenvalue weighted by Gasteiger charge is -2.03. The van der Waals surface area contributed by atoms with Gasteiger partial charge in [0.05, 0.1) is 5.52 Å². The maximum absolute atomic E-state index is 4.52. The van der Waals surface area contributed by atoms with Crippen molar-refractivity contribution in [2.24, 2.45) is 0 Å². The molecule has 3 heteroatoms. The molecule has 1 N–H and O–H groups in total. The van der Waals surface area contributed by atoms with Gasteiger partial charge in [0.25, 0.3) is 0 Å². The first-order valence-electron chi connectivity index (χ1n) is 5.77. The maximum Gasteiger partial charge on any atom is 0.178 e. The van der Waals surface area contributed by atoms with Gasteiger partial charge in [-0.05, 0) is 24.1 Å². The normalized spacial score (nSPS) is 10.9. The summed E-state index contributed by atoms with van der Waals surface area (Å²) in [5.74, 6) is 0.899. The number of fused-ring (bicyclic) bond motifs is 1. The predicted octanol–water partition coefficient (Wildman–Crippen LogP) is 3.19. The molecule has 0 fully saturated rings. The van der Waals surface area contributed by atoms with Crippen molar-refractivity contribution < 1.29 is 0 Å². The lowest BCUT2D eigenvalue weighted by molar-refractivity contribution is 1.13. The minimum absolute atomic E-state index is 0.772. The molecule has 3 nitrogen and oxygen atoms in total. The van der Waals surface area contributed by atoms with Crippen LogP contribution in [-0.4, -0.2) is 15.0 Å². The standard InChI is InChI=1S/C14H13N3/c1-2-10-6-3-4-7-11(10)13-16-12-8-5-9-15-14(12)17-13/h3-9H,2H2,1H3,(H,15,16,17). The number of nitrogens with one attached hydrogen (secondary N) is 1. The molecular weight excluding hydrogens is 210 g/mol. The van der Waals surface area contributed by atoms with Crippen LogP contribution in [0.3, 0.4) is 0 Å². The fourth-order valence-corrected chi connectivity index (χ4v) is 2.03. The number of aromatic amines is 1. The number of pyridine rings is 1. The highest BCUT2D eigenvalue weighted by Gasteiger charge is 2.08. The van der Waals surface area contributed by atoms with Gasteiger partial charge in [0, 0.05) is 11.8 Å². The Hall–Kier alpha value is -2.16. The van der Waals surface area contributed by atoms with Gasteiger partial charge in [-0.25, -0.2) is 9.97 Å². The molecule has 1 aromatic carbocycles. The number of nitrogens with zero attached hydrogens (tertiary/aromatic N) is 2. The molecule has 0 radical (unpaired) electrons. The second-order valence-corrected chi connectivity index (χ2v) is 3.97. The SMILES string of the molecule is CCc1ccccc1-c1nc2ncccc2[nH]1. The molecule has 0 aliphatic rings. The Labute approximate surface area is 99.5 Å². The quantitative estimate of drug-likeness (QED) is 0.725. The molecule has 0 saturated heterocycles. The number of hydrogen-bond acceptors (Lipinski definition) is 2. The van der Waals surface area contributed by atoms with Gasteiger partial charge < -0.3 is 4.98 Å². The zero-order valence-electron chi connectivity index (χ0n) is 9.64. The third-order valence-electron chi connectivity index (χ3n) is 2.91. The molecule has 0 bridgehead atoms. The zero-order chi connectivity index (χ0) is 11.7. The van der Waals surface area contributed by atoms with Crippen LogP contribution in [0.4, 0.5) is 0 Å². The first-order valence-corrected chi connectivity index (χ1v) is 5.77. The van der Waals surface area contributed by atoms with Crippen LogP contribution in [0.1, 0.15) is 12.5 Å². The first kappa shape index (κ1) is 10.0. The molecule has 3 aromatic rings. The van der Waals surface area contributed by atoms with Crippen LogP contribution < -0.4 is 0 Å². The zero-order valence-corrected chi connectivity index (χ0v) is 9.64. The van der Waals surface area contributed by atoms with Crippen LogP contribution in [0.15, 0.2) is 42.6 Å². The van der Waals surface area contributed by atoms with Crippen molar-refractivity contribution in [2.45, 2.75) is 13.3 Å². The van der Waals surface area contributed by atoms with E-state index >= 15 is 0 Å². The monoisotopic (exact) mass is 223 g/mol. The number of aryl methyl sites for hydroxylation is 1. The number of aromatic nitrogens is 3. The highest BCUT2D eigenvalue weighted by molar-refractivity contribution is 5.76. The van der Waals surface area contributed by atoms with Crippen molar-refractivity contribution in [2.75, 3.05) is 0 Å². The fraction of sp³-hybridized carbons (Fsp3) is 0.143. The van der Waals surface area contributed by atoms with Crippen LogP contribution in [0.5, 0.6) is 0 Å². The second kappa shape index (κ2) is 4.01. The topological polar surface area (TPSA) is 41.6 Å². The van der Waals surface area contributed by atoms with Gasteiger partial charge in [-0.15, -0.1) is 0 Å². The Morgan fingerprint density at radius 2 is 2.00 bits per heavy atom. The molecule has 0 amide bonds. The summed E-state index contributed by atoms with van der Waals surface area (Å²) < 4.78 is 0. The van der Waals surface area contributed by atoms with Crippen LogP contribution in [0, 0.1) is 0 Å². The Balaban J connectivity index is 2.20. The number of hydrogen-bond donors (Lipinski definition) is 1. The van der Waals surface area contributed by atoms with Crippen molar-refractivity contribution >= 4 is 11.2 Å². The van der Waals surface area contributed by atoms with Gasteiger partial charge in [0.2, 0.25) is 0 Å². The van der Waals surface area contributed by atoms with E-state index in [1.807, 2.05) is 18.2 Å². The van der Waals surface area contributed by atoms with Gasteiger partial charge in [-0.1, -0.05) is 31.2 Å². The van der Waals surface area contributed by atoms with E-state index in [0.717, 1.165) is 29.0 Å². The smallest absolute Gasteiger partial charge is 0.178 e. The van der Waals surface area contributed by atoms with E-state index in [1.165, 1.54) is 5.56 Å². The Bertz CT molecular complexity index is 622. The van der Waals surface area contributed by atoms with Gasteiger partial charge >= 0.3 is 0 Å². The van der Waals surface area contributed by atoms with E-state index in [2.05, 4.69) is 40.1 Å². The molecule has 0 aliphatic carbocycles. The van der Waals surface area contributed by atoms with E-state index in [1.54, 1.807) is 6.20 Å². The van der Waals surface area contributed by atoms with Crippen molar-refractivity contribution in [3.05, 3.63) is 48.2 Å². The minimum Gasteiger partial charge on any atom is -0.337 e. The molecule has 0 unspecified atom stereocenters. The fourth-order valence-electron chi connectivity index (χ4n) is 2.03. The minimum atomic E-state index is 0.772. The summed E-state index contributed by atoms with van der Waals surface area (Å²) in [6.45, 7) is 2.15. The van der Waals surface area contributed by atoms with Crippen LogP contribution in [0.2, 0.25) is 0 Å².